The molecule has 0 atom stereocenters. The first kappa shape index (κ1) is 14.7. The Morgan fingerprint density at radius 1 is 1.33 bits per heavy atom. The van der Waals surface area contributed by atoms with Crippen LogP contribution in [-0.2, 0) is 0 Å². The minimum atomic E-state index is -4.16. The van der Waals surface area contributed by atoms with Crippen molar-refractivity contribution in [3.8, 4) is 0 Å². The predicted molar refractivity (Wildman–Crippen MR) is 66.1 cm³/mol. The largest absolute Gasteiger partial charge is 0.389 e. The van der Waals surface area contributed by atoms with E-state index >= 15 is 0 Å². The SMILES string of the molecule is NC(=S)c1ccc(NCCCC(F)(F)F)cc1F. The van der Waals surface area contributed by atoms with Gasteiger partial charge >= 0.3 is 6.18 Å². The lowest BCUT2D eigenvalue weighted by atomic mass is 10.2. The molecule has 0 radical (unpaired) electrons. The molecule has 0 aromatic heterocycles. The highest BCUT2D eigenvalue weighted by molar-refractivity contribution is 7.80. The summed E-state index contributed by atoms with van der Waals surface area (Å²) in [4.78, 5) is -0.0591. The number of nitrogens with one attached hydrogen (secondary N) is 1. The fourth-order valence-corrected chi connectivity index (χ4v) is 1.51. The van der Waals surface area contributed by atoms with Gasteiger partial charge in [0.15, 0.2) is 0 Å². The molecule has 0 heterocycles. The summed E-state index contributed by atoms with van der Waals surface area (Å²) < 4.78 is 49.0. The molecule has 0 aliphatic carbocycles. The van der Waals surface area contributed by atoms with Gasteiger partial charge in [-0.15, -0.1) is 0 Å². The van der Waals surface area contributed by atoms with E-state index in [2.05, 4.69) is 17.5 Å². The Morgan fingerprint density at radius 3 is 2.50 bits per heavy atom. The van der Waals surface area contributed by atoms with Gasteiger partial charge < -0.3 is 11.1 Å². The van der Waals surface area contributed by atoms with Crippen LogP contribution in [0.15, 0.2) is 18.2 Å². The molecule has 0 saturated carbocycles. The Kier molecular flexibility index (Phi) is 4.89. The second-order valence-electron chi connectivity index (χ2n) is 3.70. The Labute approximate surface area is 107 Å². The smallest absolute Gasteiger partial charge is 0.389 e. The highest BCUT2D eigenvalue weighted by Gasteiger charge is 2.25. The van der Waals surface area contributed by atoms with Crippen molar-refractivity contribution in [2.45, 2.75) is 19.0 Å². The average Bonchev–Trinajstić information content (AvgIpc) is 2.22. The van der Waals surface area contributed by atoms with E-state index in [1.54, 1.807) is 0 Å². The van der Waals surface area contributed by atoms with E-state index < -0.39 is 18.4 Å². The number of benzene rings is 1. The summed E-state index contributed by atoms with van der Waals surface area (Å²) in [5, 5.41) is 2.70. The van der Waals surface area contributed by atoms with Crippen molar-refractivity contribution in [2.24, 2.45) is 5.73 Å². The highest BCUT2D eigenvalue weighted by Crippen LogP contribution is 2.21. The third-order valence-corrected chi connectivity index (χ3v) is 2.42. The summed E-state index contributed by atoms with van der Waals surface area (Å²) in [5.74, 6) is -0.594. The second-order valence-corrected chi connectivity index (χ2v) is 4.14. The Balaban J connectivity index is 2.49. The maximum Gasteiger partial charge on any atom is 0.389 e. The van der Waals surface area contributed by atoms with Gasteiger partial charge in [-0.3, -0.25) is 0 Å². The second kappa shape index (κ2) is 5.99. The lowest BCUT2D eigenvalue weighted by Gasteiger charge is -2.09. The van der Waals surface area contributed by atoms with E-state index in [1.807, 2.05) is 0 Å². The fraction of sp³-hybridized carbons (Fsp3) is 0.364. The number of hydrogen-bond donors (Lipinski definition) is 2. The molecule has 100 valence electrons. The molecule has 18 heavy (non-hydrogen) atoms. The first-order valence-electron chi connectivity index (χ1n) is 5.19. The summed E-state index contributed by atoms with van der Waals surface area (Å²) in [7, 11) is 0. The van der Waals surface area contributed by atoms with Gasteiger partial charge in [0.1, 0.15) is 10.8 Å². The van der Waals surface area contributed by atoms with E-state index in [1.165, 1.54) is 12.1 Å². The van der Waals surface area contributed by atoms with Gasteiger partial charge in [-0.25, -0.2) is 4.39 Å². The summed E-state index contributed by atoms with van der Waals surface area (Å²) in [6.45, 7) is 0.116. The Hall–Kier alpha value is -1.37. The molecule has 2 nitrogen and oxygen atoms in total. The molecule has 0 unspecified atom stereocenters. The van der Waals surface area contributed by atoms with Crippen molar-refractivity contribution in [1.82, 2.24) is 0 Å². The molecule has 0 fully saturated rings. The third kappa shape index (κ3) is 4.87. The Morgan fingerprint density at radius 2 is 2.00 bits per heavy atom. The monoisotopic (exact) mass is 280 g/mol. The molecular formula is C11H12F4N2S. The van der Waals surface area contributed by atoms with Gasteiger partial charge in [-0.05, 0) is 24.6 Å². The van der Waals surface area contributed by atoms with Crippen LogP contribution < -0.4 is 11.1 Å². The molecule has 1 rings (SSSR count). The van der Waals surface area contributed by atoms with E-state index in [-0.39, 0.29) is 23.5 Å². The van der Waals surface area contributed by atoms with Crippen LogP contribution in [0.3, 0.4) is 0 Å². The van der Waals surface area contributed by atoms with Crippen LogP contribution in [0.5, 0.6) is 0 Å². The van der Waals surface area contributed by atoms with Crippen LogP contribution in [0.2, 0.25) is 0 Å². The molecule has 7 heteroatoms. The zero-order valence-electron chi connectivity index (χ0n) is 9.35. The van der Waals surface area contributed by atoms with Gasteiger partial charge in [-0.2, -0.15) is 13.2 Å². The van der Waals surface area contributed by atoms with Crippen LogP contribution in [-0.4, -0.2) is 17.7 Å². The lowest BCUT2D eigenvalue weighted by molar-refractivity contribution is -0.134. The van der Waals surface area contributed by atoms with E-state index in [4.69, 9.17) is 5.73 Å². The van der Waals surface area contributed by atoms with Gasteiger partial charge in [0, 0.05) is 24.2 Å². The van der Waals surface area contributed by atoms with Crippen molar-refractivity contribution >= 4 is 22.9 Å². The average molecular weight is 280 g/mol. The molecule has 0 amide bonds. The van der Waals surface area contributed by atoms with Gasteiger partial charge in [0.25, 0.3) is 0 Å². The molecular weight excluding hydrogens is 268 g/mol. The van der Waals surface area contributed by atoms with Gasteiger partial charge in [-0.1, -0.05) is 12.2 Å². The van der Waals surface area contributed by atoms with Crippen molar-refractivity contribution in [3.05, 3.63) is 29.6 Å². The van der Waals surface area contributed by atoms with Crippen LogP contribution in [0.1, 0.15) is 18.4 Å². The topological polar surface area (TPSA) is 38.0 Å². The molecule has 3 N–H and O–H groups in total. The number of rotatable bonds is 5. The summed E-state index contributed by atoms with van der Waals surface area (Å²) in [6, 6.07) is 4.07. The van der Waals surface area contributed by atoms with Crippen molar-refractivity contribution in [3.63, 3.8) is 0 Å². The third-order valence-electron chi connectivity index (χ3n) is 2.20. The first-order chi connectivity index (χ1) is 8.29. The summed E-state index contributed by atoms with van der Waals surface area (Å²) in [5.41, 5.74) is 5.79. The lowest BCUT2D eigenvalue weighted by Crippen LogP contribution is -2.13. The predicted octanol–water partition coefficient (Wildman–Crippen LogP) is 3.21. The number of thiocarbonyl (C=S) groups is 1. The molecule has 0 aliphatic rings. The number of alkyl halides is 3. The van der Waals surface area contributed by atoms with E-state index in [9.17, 15) is 17.6 Å². The maximum atomic E-state index is 13.4. The van der Waals surface area contributed by atoms with E-state index in [0.717, 1.165) is 6.07 Å². The van der Waals surface area contributed by atoms with Crippen LogP contribution in [0.25, 0.3) is 0 Å². The molecule has 1 aromatic rings. The number of anilines is 1. The molecule has 0 saturated heterocycles. The molecule has 1 aromatic carbocycles. The van der Waals surface area contributed by atoms with Crippen molar-refractivity contribution in [2.75, 3.05) is 11.9 Å². The summed E-state index contributed by atoms with van der Waals surface area (Å²) in [6.07, 6.45) is -5.10. The zero-order chi connectivity index (χ0) is 13.8. The van der Waals surface area contributed by atoms with Gasteiger partial charge in [0.05, 0.1) is 0 Å². The normalized spacial score (nSPS) is 11.3. The Bertz CT molecular complexity index is 432. The molecule has 0 aliphatic heterocycles. The van der Waals surface area contributed by atoms with Crippen molar-refractivity contribution < 1.29 is 17.6 Å². The zero-order valence-corrected chi connectivity index (χ0v) is 10.2. The maximum absolute atomic E-state index is 13.4. The minimum Gasteiger partial charge on any atom is -0.389 e. The molecule has 0 bridgehead atoms. The van der Waals surface area contributed by atoms with Crippen LogP contribution in [0.4, 0.5) is 23.2 Å². The fourth-order valence-electron chi connectivity index (χ4n) is 1.35. The van der Waals surface area contributed by atoms with Crippen LogP contribution in [0, 0.1) is 5.82 Å². The quantitative estimate of drug-likeness (QED) is 0.494. The number of halogens is 4. The summed E-state index contributed by atoms with van der Waals surface area (Å²) >= 11 is 4.63. The number of nitrogens with two attached hydrogens (primary N) is 1. The number of hydrogen-bond acceptors (Lipinski definition) is 2. The highest BCUT2D eigenvalue weighted by atomic mass is 32.1. The standard InChI is InChI=1S/C11H12F4N2S/c12-9-6-7(2-3-8(9)10(16)18)17-5-1-4-11(13,14)15/h2-3,6,17H,1,4-5H2,(H2,16,18). The molecule has 0 spiro atoms. The van der Waals surface area contributed by atoms with Gasteiger partial charge in [0.2, 0.25) is 0 Å². The van der Waals surface area contributed by atoms with Crippen molar-refractivity contribution in [1.29, 1.82) is 0 Å². The van der Waals surface area contributed by atoms with E-state index in [0.29, 0.717) is 5.69 Å². The minimum absolute atomic E-state index is 0.0591. The first-order valence-corrected chi connectivity index (χ1v) is 5.60. The van der Waals surface area contributed by atoms with Crippen LogP contribution >= 0.6 is 12.2 Å².